The minimum atomic E-state index is -4.57. The second kappa shape index (κ2) is 9.63. The SMILES string of the molecule is COc1ccccc1OCCNC(=O)COC(=O)c1cccc(C(F)(F)F)c1. The fraction of sp³-hybridized carbons (Fsp3) is 0.263. The largest absolute Gasteiger partial charge is 0.493 e. The number of para-hydroxylation sites is 2. The monoisotopic (exact) mass is 397 g/mol. The van der Waals surface area contributed by atoms with Gasteiger partial charge in [-0.2, -0.15) is 13.2 Å². The molecule has 0 aromatic heterocycles. The highest BCUT2D eigenvalue weighted by Crippen LogP contribution is 2.29. The van der Waals surface area contributed by atoms with Gasteiger partial charge in [-0.15, -0.1) is 0 Å². The summed E-state index contributed by atoms with van der Waals surface area (Å²) in [6.07, 6.45) is -4.57. The van der Waals surface area contributed by atoms with Crippen molar-refractivity contribution in [3.05, 3.63) is 59.7 Å². The second-order valence-corrected chi connectivity index (χ2v) is 5.50. The van der Waals surface area contributed by atoms with Gasteiger partial charge < -0.3 is 19.5 Å². The molecule has 0 radical (unpaired) electrons. The first-order valence-corrected chi connectivity index (χ1v) is 8.18. The van der Waals surface area contributed by atoms with Crippen LogP contribution in [0.3, 0.4) is 0 Å². The molecular formula is C19H18F3NO5. The van der Waals surface area contributed by atoms with Crippen molar-refractivity contribution in [1.82, 2.24) is 5.32 Å². The van der Waals surface area contributed by atoms with Gasteiger partial charge in [0.25, 0.3) is 5.91 Å². The van der Waals surface area contributed by atoms with Gasteiger partial charge >= 0.3 is 12.1 Å². The van der Waals surface area contributed by atoms with E-state index in [0.29, 0.717) is 17.6 Å². The number of benzene rings is 2. The number of carbonyl (C=O) groups excluding carboxylic acids is 2. The van der Waals surface area contributed by atoms with Crippen LogP contribution in [0.2, 0.25) is 0 Å². The molecule has 9 heteroatoms. The smallest absolute Gasteiger partial charge is 0.416 e. The number of ether oxygens (including phenoxy) is 3. The number of esters is 1. The number of hydrogen-bond acceptors (Lipinski definition) is 5. The van der Waals surface area contributed by atoms with Gasteiger partial charge in [-0.05, 0) is 30.3 Å². The van der Waals surface area contributed by atoms with E-state index in [1.165, 1.54) is 13.2 Å². The Morgan fingerprint density at radius 3 is 2.43 bits per heavy atom. The molecule has 0 heterocycles. The standard InChI is InChI=1S/C19H18F3NO5/c1-26-15-7-2-3-8-16(15)27-10-9-23-17(24)12-28-18(25)13-5-4-6-14(11-13)19(20,21)22/h2-8,11H,9-10,12H2,1H3,(H,23,24). The van der Waals surface area contributed by atoms with Crippen molar-refractivity contribution in [2.45, 2.75) is 6.18 Å². The van der Waals surface area contributed by atoms with Crippen LogP contribution in [-0.2, 0) is 15.7 Å². The molecule has 2 rings (SSSR count). The van der Waals surface area contributed by atoms with Crippen molar-refractivity contribution in [3.8, 4) is 11.5 Å². The normalized spacial score (nSPS) is 10.9. The molecule has 0 aliphatic rings. The zero-order chi connectivity index (χ0) is 20.6. The van der Waals surface area contributed by atoms with Gasteiger partial charge in [0, 0.05) is 0 Å². The van der Waals surface area contributed by atoms with Gasteiger partial charge in [0.15, 0.2) is 18.1 Å². The minimum absolute atomic E-state index is 0.137. The van der Waals surface area contributed by atoms with Crippen LogP contribution < -0.4 is 14.8 Å². The molecule has 1 N–H and O–H groups in total. The summed E-state index contributed by atoms with van der Waals surface area (Å²) in [6, 6.07) is 10.8. The molecule has 0 fully saturated rings. The van der Waals surface area contributed by atoms with E-state index in [1.807, 2.05) is 0 Å². The topological polar surface area (TPSA) is 73.9 Å². The van der Waals surface area contributed by atoms with Crippen LogP contribution in [0.1, 0.15) is 15.9 Å². The quantitative estimate of drug-likeness (QED) is 0.548. The first kappa shape index (κ1) is 21.1. The van der Waals surface area contributed by atoms with Crippen molar-refractivity contribution < 1.29 is 37.0 Å². The molecule has 2 aromatic carbocycles. The van der Waals surface area contributed by atoms with Crippen LogP contribution in [0.5, 0.6) is 11.5 Å². The molecule has 0 aliphatic carbocycles. The van der Waals surface area contributed by atoms with Crippen LogP contribution in [-0.4, -0.2) is 38.7 Å². The number of rotatable bonds is 8. The van der Waals surface area contributed by atoms with Gasteiger partial charge in [0.2, 0.25) is 0 Å². The highest BCUT2D eigenvalue weighted by atomic mass is 19.4. The third-order valence-corrected chi connectivity index (χ3v) is 3.51. The Labute approximate surface area is 159 Å². The van der Waals surface area contributed by atoms with Crippen LogP contribution in [0.4, 0.5) is 13.2 Å². The summed E-state index contributed by atoms with van der Waals surface area (Å²) in [6.45, 7) is -0.338. The lowest BCUT2D eigenvalue weighted by Crippen LogP contribution is -2.32. The number of amides is 1. The maximum absolute atomic E-state index is 12.7. The maximum Gasteiger partial charge on any atom is 0.416 e. The predicted octanol–water partition coefficient (Wildman–Crippen LogP) is 3.07. The molecule has 2 aromatic rings. The zero-order valence-corrected chi connectivity index (χ0v) is 14.9. The number of methoxy groups -OCH3 is 1. The average Bonchev–Trinajstić information content (AvgIpc) is 2.69. The Morgan fingerprint density at radius 2 is 1.75 bits per heavy atom. The Kier molecular flexibility index (Phi) is 7.25. The summed E-state index contributed by atoms with van der Waals surface area (Å²) >= 11 is 0. The molecule has 150 valence electrons. The number of carbonyl (C=O) groups is 2. The summed E-state index contributed by atoms with van der Waals surface area (Å²) < 4.78 is 53.3. The Bertz CT molecular complexity index is 823. The fourth-order valence-electron chi connectivity index (χ4n) is 2.18. The van der Waals surface area contributed by atoms with Crippen molar-refractivity contribution in [2.24, 2.45) is 0 Å². The Hall–Kier alpha value is -3.23. The Morgan fingerprint density at radius 1 is 1.04 bits per heavy atom. The van der Waals surface area contributed by atoms with E-state index >= 15 is 0 Å². The zero-order valence-electron chi connectivity index (χ0n) is 14.9. The molecule has 28 heavy (non-hydrogen) atoms. The number of hydrogen-bond donors (Lipinski definition) is 1. The van der Waals surface area contributed by atoms with E-state index in [-0.39, 0.29) is 18.7 Å². The number of alkyl halides is 3. The number of nitrogens with one attached hydrogen (secondary N) is 1. The molecule has 0 spiro atoms. The minimum Gasteiger partial charge on any atom is -0.493 e. The average molecular weight is 397 g/mol. The lowest BCUT2D eigenvalue weighted by atomic mass is 10.1. The van der Waals surface area contributed by atoms with E-state index < -0.39 is 30.2 Å². The molecule has 6 nitrogen and oxygen atoms in total. The van der Waals surface area contributed by atoms with Gasteiger partial charge in [-0.3, -0.25) is 4.79 Å². The summed E-state index contributed by atoms with van der Waals surface area (Å²) in [5, 5.41) is 2.47. The van der Waals surface area contributed by atoms with Crippen molar-refractivity contribution in [3.63, 3.8) is 0 Å². The third kappa shape index (κ3) is 6.19. The van der Waals surface area contributed by atoms with E-state index in [0.717, 1.165) is 12.1 Å². The van der Waals surface area contributed by atoms with Gasteiger partial charge in [-0.1, -0.05) is 18.2 Å². The second-order valence-electron chi connectivity index (χ2n) is 5.50. The van der Waals surface area contributed by atoms with Crippen LogP contribution in [0.15, 0.2) is 48.5 Å². The molecule has 0 aliphatic heterocycles. The van der Waals surface area contributed by atoms with Gasteiger partial charge in [-0.25, -0.2) is 4.79 Å². The predicted molar refractivity (Wildman–Crippen MR) is 93.2 cm³/mol. The van der Waals surface area contributed by atoms with E-state index in [1.54, 1.807) is 24.3 Å². The lowest BCUT2D eigenvalue weighted by molar-refractivity contribution is -0.137. The first-order chi connectivity index (χ1) is 13.3. The van der Waals surface area contributed by atoms with Crippen molar-refractivity contribution in [1.29, 1.82) is 0 Å². The molecular weight excluding hydrogens is 379 g/mol. The molecule has 0 saturated carbocycles. The third-order valence-electron chi connectivity index (χ3n) is 3.51. The molecule has 1 amide bonds. The fourth-order valence-corrected chi connectivity index (χ4v) is 2.18. The lowest BCUT2D eigenvalue weighted by Gasteiger charge is -2.11. The van der Waals surface area contributed by atoms with Gasteiger partial charge in [0.1, 0.15) is 6.61 Å². The summed E-state index contributed by atoms with van der Waals surface area (Å²) in [5.41, 5.74) is -1.26. The first-order valence-electron chi connectivity index (χ1n) is 8.18. The molecule has 0 bridgehead atoms. The molecule has 0 saturated heterocycles. The summed E-state index contributed by atoms with van der Waals surface area (Å²) in [4.78, 5) is 23.5. The van der Waals surface area contributed by atoms with Crippen LogP contribution >= 0.6 is 0 Å². The molecule has 0 unspecified atom stereocenters. The summed E-state index contributed by atoms with van der Waals surface area (Å²) in [5.74, 6) is -0.574. The Balaban J connectivity index is 1.74. The van der Waals surface area contributed by atoms with Crippen molar-refractivity contribution >= 4 is 11.9 Å². The van der Waals surface area contributed by atoms with E-state index in [4.69, 9.17) is 14.2 Å². The molecule has 0 atom stereocenters. The van der Waals surface area contributed by atoms with Crippen molar-refractivity contribution in [2.75, 3.05) is 26.9 Å². The van der Waals surface area contributed by atoms with Gasteiger partial charge in [0.05, 0.1) is 24.8 Å². The summed E-state index contributed by atoms with van der Waals surface area (Å²) in [7, 11) is 1.50. The number of halogens is 3. The van der Waals surface area contributed by atoms with E-state index in [2.05, 4.69) is 5.32 Å². The maximum atomic E-state index is 12.7. The van der Waals surface area contributed by atoms with Crippen LogP contribution in [0, 0.1) is 0 Å². The highest BCUT2D eigenvalue weighted by Gasteiger charge is 2.31. The van der Waals surface area contributed by atoms with E-state index in [9.17, 15) is 22.8 Å². The highest BCUT2D eigenvalue weighted by molar-refractivity contribution is 5.91. The van der Waals surface area contributed by atoms with Crippen LogP contribution in [0.25, 0.3) is 0 Å².